The Morgan fingerprint density at radius 3 is 2.70 bits per heavy atom. The summed E-state index contributed by atoms with van der Waals surface area (Å²) < 4.78 is 17.3. The molecule has 0 aromatic rings. The topological polar surface area (TPSA) is 44.8 Å². The largest absolute Gasteiger partial charge is 0.462 e. The standard InChI is InChI=1S/C16H24O4/c1-9-12-3-4-16(18-5-6-19-16)8-11(12)7-13-14(9)10(2)20-15(13)17/h9-14H,3-8H2,1-2H3/t9-,10+,11+,12-,13+,14+/m0/s1. The monoisotopic (exact) mass is 280 g/mol. The van der Waals surface area contributed by atoms with Crippen LogP contribution < -0.4 is 0 Å². The van der Waals surface area contributed by atoms with E-state index in [-0.39, 0.29) is 23.8 Å². The Hall–Kier alpha value is -0.610. The molecule has 0 N–H and O–H groups in total. The van der Waals surface area contributed by atoms with E-state index in [1.165, 1.54) is 0 Å². The van der Waals surface area contributed by atoms with Crippen molar-refractivity contribution in [2.75, 3.05) is 13.2 Å². The fourth-order valence-electron chi connectivity index (χ4n) is 5.48. The first-order valence-corrected chi connectivity index (χ1v) is 8.08. The van der Waals surface area contributed by atoms with Crippen molar-refractivity contribution in [3.05, 3.63) is 0 Å². The highest BCUT2D eigenvalue weighted by Crippen LogP contribution is 2.55. The summed E-state index contributed by atoms with van der Waals surface area (Å²) in [5, 5.41) is 0. The summed E-state index contributed by atoms with van der Waals surface area (Å²) in [5.74, 6) is 2.05. The molecule has 1 spiro atoms. The predicted molar refractivity (Wildman–Crippen MR) is 71.8 cm³/mol. The van der Waals surface area contributed by atoms with E-state index in [0.29, 0.717) is 23.7 Å². The van der Waals surface area contributed by atoms with Crippen molar-refractivity contribution in [1.29, 1.82) is 0 Å². The first-order chi connectivity index (χ1) is 9.60. The third-order valence-electron chi connectivity index (χ3n) is 6.30. The molecule has 2 saturated carbocycles. The second-order valence-electron chi connectivity index (χ2n) is 7.20. The molecule has 4 aliphatic rings. The summed E-state index contributed by atoms with van der Waals surface area (Å²) in [6.45, 7) is 5.82. The van der Waals surface area contributed by atoms with E-state index in [2.05, 4.69) is 13.8 Å². The zero-order valence-corrected chi connectivity index (χ0v) is 12.3. The van der Waals surface area contributed by atoms with E-state index < -0.39 is 0 Å². The van der Waals surface area contributed by atoms with E-state index in [9.17, 15) is 4.79 Å². The van der Waals surface area contributed by atoms with Crippen molar-refractivity contribution in [2.24, 2.45) is 29.6 Å². The molecule has 0 amide bonds. The molecule has 112 valence electrons. The highest BCUT2D eigenvalue weighted by Gasteiger charge is 2.56. The van der Waals surface area contributed by atoms with Gasteiger partial charge in [0.05, 0.1) is 19.1 Å². The SMILES string of the molecule is C[C@H]1[C@@H]2CCC3(C[C@H]2C[C@H]2C(=O)O[C@H](C)[C@@H]12)OCCO3. The lowest BCUT2D eigenvalue weighted by atomic mass is 9.57. The molecule has 0 aromatic heterocycles. The van der Waals surface area contributed by atoms with Crippen LogP contribution in [0.5, 0.6) is 0 Å². The second kappa shape index (κ2) is 4.44. The van der Waals surface area contributed by atoms with Crippen LogP contribution in [0.4, 0.5) is 0 Å². The van der Waals surface area contributed by atoms with E-state index >= 15 is 0 Å². The van der Waals surface area contributed by atoms with Gasteiger partial charge in [-0.2, -0.15) is 0 Å². The van der Waals surface area contributed by atoms with Gasteiger partial charge in [0.25, 0.3) is 0 Å². The van der Waals surface area contributed by atoms with Gasteiger partial charge < -0.3 is 14.2 Å². The lowest BCUT2D eigenvalue weighted by Crippen LogP contribution is -2.48. The van der Waals surface area contributed by atoms with Crippen LogP contribution in [0.15, 0.2) is 0 Å². The third-order valence-corrected chi connectivity index (χ3v) is 6.30. The number of hydrogen-bond donors (Lipinski definition) is 0. The zero-order chi connectivity index (χ0) is 13.9. The van der Waals surface area contributed by atoms with Gasteiger partial charge in [-0.05, 0) is 37.5 Å². The molecule has 6 atom stereocenters. The van der Waals surface area contributed by atoms with Gasteiger partial charge >= 0.3 is 5.97 Å². The lowest BCUT2D eigenvalue weighted by Gasteiger charge is -2.49. The molecule has 4 fully saturated rings. The van der Waals surface area contributed by atoms with Crippen molar-refractivity contribution in [3.8, 4) is 0 Å². The highest BCUT2D eigenvalue weighted by molar-refractivity contribution is 5.75. The molecule has 2 aliphatic heterocycles. The molecule has 4 rings (SSSR count). The summed E-state index contributed by atoms with van der Waals surface area (Å²) in [5.41, 5.74) is 0. The Labute approximate surface area is 120 Å². The fourth-order valence-corrected chi connectivity index (χ4v) is 5.48. The van der Waals surface area contributed by atoms with Gasteiger partial charge in [-0.15, -0.1) is 0 Å². The molecule has 2 saturated heterocycles. The molecule has 2 heterocycles. The van der Waals surface area contributed by atoms with Crippen LogP contribution in [0.2, 0.25) is 0 Å². The molecule has 20 heavy (non-hydrogen) atoms. The Morgan fingerprint density at radius 2 is 1.95 bits per heavy atom. The Bertz CT molecular complexity index is 415. The van der Waals surface area contributed by atoms with Crippen molar-refractivity contribution < 1.29 is 19.0 Å². The lowest BCUT2D eigenvalue weighted by molar-refractivity contribution is -0.206. The van der Waals surface area contributed by atoms with Crippen molar-refractivity contribution in [3.63, 3.8) is 0 Å². The minimum Gasteiger partial charge on any atom is -0.462 e. The van der Waals surface area contributed by atoms with Crippen LogP contribution in [0.25, 0.3) is 0 Å². The van der Waals surface area contributed by atoms with Crippen LogP contribution in [-0.4, -0.2) is 31.1 Å². The first-order valence-electron chi connectivity index (χ1n) is 8.08. The van der Waals surface area contributed by atoms with Gasteiger partial charge in [0.2, 0.25) is 0 Å². The number of rotatable bonds is 0. The minimum absolute atomic E-state index is 0.0284. The number of carbonyl (C=O) groups excluding carboxylic acids is 1. The molecule has 4 nitrogen and oxygen atoms in total. The first kappa shape index (κ1) is 13.1. The van der Waals surface area contributed by atoms with Crippen LogP contribution in [0.3, 0.4) is 0 Å². The highest BCUT2D eigenvalue weighted by atomic mass is 16.7. The predicted octanol–water partition coefficient (Wildman–Crippen LogP) is 2.36. The van der Waals surface area contributed by atoms with Gasteiger partial charge in [-0.25, -0.2) is 0 Å². The van der Waals surface area contributed by atoms with Gasteiger partial charge in [-0.1, -0.05) is 6.92 Å². The van der Waals surface area contributed by atoms with E-state index in [1.807, 2.05) is 0 Å². The summed E-state index contributed by atoms with van der Waals surface area (Å²) in [6.07, 6.45) is 4.21. The van der Waals surface area contributed by atoms with Crippen LogP contribution in [-0.2, 0) is 19.0 Å². The van der Waals surface area contributed by atoms with Crippen LogP contribution in [0.1, 0.15) is 39.5 Å². The van der Waals surface area contributed by atoms with Gasteiger partial charge in [0, 0.05) is 18.8 Å². The number of hydrogen-bond acceptors (Lipinski definition) is 4. The second-order valence-corrected chi connectivity index (χ2v) is 7.20. The molecule has 0 aromatic carbocycles. The molecule has 4 heteroatoms. The fraction of sp³-hybridized carbons (Fsp3) is 0.938. The molecular weight excluding hydrogens is 256 g/mol. The van der Waals surface area contributed by atoms with Crippen molar-refractivity contribution in [1.82, 2.24) is 0 Å². The molecular formula is C16H24O4. The number of ether oxygens (including phenoxy) is 3. The van der Waals surface area contributed by atoms with Crippen molar-refractivity contribution in [2.45, 2.75) is 51.4 Å². The summed E-state index contributed by atoms with van der Waals surface area (Å²) >= 11 is 0. The Kier molecular flexibility index (Phi) is 2.90. The molecule has 0 radical (unpaired) electrons. The Morgan fingerprint density at radius 1 is 1.20 bits per heavy atom. The molecule has 2 aliphatic carbocycles. The average Bonchev–Trinajstić information content (AvgIpc) is 2.96. The zero-order valence-electron chi connectivity index (χ0n) is 12.3. The maximum absolute atomic E-state index is 12.1. The minimum atomic E-state index is -0.331. The van der Waals surface area contributed by atoms with Gasteiger partial charge in [0.15, 0.2) is 5.79 Å². The van der Waals surface area contributed by atoms with Crippen LogP contribution in [0, 0.1) is 29.6 Å². The maximum atomic E-state index is 12.1. The molecule has 0 bridgehead atoms. The van der Waals surface area contributed by atoms with E-state index in [1.54, 1.807) is 0 Å². The normalized spacial score (nSPS) is 49.8. The number of carbonyl (C=O) groups is 1. The smallest absolute Gasteiger partial charge is 0.309 e. The van der Waals surface area contributed by atoms with Gasteiger partial charge in [-0.3, -0.25) is 4.79 Å². The summed E-state index contributed by atoms with van der Waals surface area (Å²) in [4.78, 5) is 12.1. The quantitative estimate of drug-likeness (QED) is 0.639. The van der Waals surface area contributed by atoms with Crippen molar-refractivity contribution >= 4 is 5.97 Å². The molecule has 0 unspecified atom stereocenters. The summed E-state index contributed by atoms with van der Waals surface area (Å²) in [7, 11) is 0. The van der Waals surface area contributed by atoms with Gasteiger partial charge in [0.1, 0.15) is 6.10 Å². The number of fused-ring (bicyclic) bond motifs is 2. The van der Waals surface area contributed by atoms with E-state index in [0.717, 1.165) is 38.9 Å². The average molecular weight is 280 g/mol. The van der Waals surface area contributed by atoms with E-state index in [4.69, 9.17) is 14.2 Å². The number of cyclic esters (lactones) is 1. The summed E-state index contributed by atoms with van der Waals surface area (Å²) in [6, 6.07) is 0. The third kappa shape index (κ3) is 1.77. The van der Waals surface area contributed by atoms with Crippen LogP contribution >= 0.6 is 0 Å². The Balaban J connectivity index is 1.57. The maximum Gasteiger partial charge on any atom is 0.309 e. The number of esters is 1.